The topological polar surface area (TPSA) is 20.2 Å². The SMILES string of the molecule is Cc1cc(C)c(C(O)c2ccc(C)cc2Cl)c(C)c1. The summed E-state index contributed by atoms with van der Waals surface area (Å²) in [6.07, 6.45) is -0.673. The molecule has 100 valence electrons. The number of hydrogen-bond donors (Lipinski definition) is 1. The van der Waals surface area contributed by atoms with Gasteiger partial charge in [-0.3, -0.25) is 0 Å². The van der Waals surface area contributed by atoms with E-state index in [1.807, 2.05) is 39.0 Å². The summed E-state index contributed by atoms with van der Waals surface area (Å²) in [7, 11) is 0. The van der Waals surface area contributed by atoms with E-state index in [1.54, 1.807) is 0 Å². The van der Waals surface area contributed by atoms with Gasteiger partial charge in [-0.2, -0.15) is 0 Å². The van der Waals surface area contributed by atoms with Gasteiger partial charge in [0, 0.05) is 10.6 Å². The van der Waals surface area contributed by atoms with Crippen LogP contribution < -0.4 is 0 Å². The van der Waals surface area contributed by atoms with E-state index in [-0.39, 0.29) is 0 Å². The molecule has 0 radical (unpaired) electrons. The number of hydrogen-bond acceptors (Lipinski definition) is 1. The molecule has 2 rings (SSSR count). The molecule has 0 heterocycles. The second-order valence-electron chi connectivity index (χ2n) is 5.24. The smallest absolute Gasteiger partial charge is 0.106 e. The standard InChI is InChI=1S/C17H19ClO/c1-10-5-6-14(15(18)9-10)17(19)16-12(3)7-11(2)8-13(16)4/h5-9,17,19H,1-4H3. The van der Waals surface area contributed by atoms with E-state index in [4.69, 9.17) is 11.6 Å². The van der Waals surface area contributed by atoms with Crippen molar-refractivity contribution in [1.29, 1.82) is 0 Å². The number of aryl methyl sites for hydroxylation is 4. The average molecular weight is 275 g/mol. The third kappa shape index (κ3) is 2.83. The van der Waals surface area contributed by atoms with Gasteiger partial charge in [-0.1, -0.05) is 41.4 Å². The minimum Gasteiger partial charge on any atom is -0.384 e. The fraction of sp³-hybridized carbons (Fsp3) is 0.294. The molecule has 2 aromatic carbocycles. The van der Waals surface area contributed by atoms with E-state index >= 15 is 0 Å². The Hall–Kier alpha value is -1.31. The van der Waals surface area contributed by atoms with Crippen LogP contribution in [0.2, 0.25) is 5.02 Å². The first-order valence-corrected chi connectivity index (χ1v) is 6.80. The van der Waals surface area contributed by atoms with Crippen molar-refractivity contribution >= 4 is 11.6 Å². The summed E-state index contributed by atoms with van der Waals surface area (Å²) in [5, 5.41) is 11.2. The molecule has 2 aromatic rings. The molecule has 1 atom stereocenters. The van der Waals surface area contributed by atoms with Crippen LogP contribution in [0.1, 0.15) is 39.5 Å². The quantitative estimate of drug-likeness (QED) is 0.845. The zero-order chi connectivity index (χ0) is 14.2. The zero-order valence-electron chi connectivity index (χ0n) is 11.8. The maximum Gasteiger partial charge on any atom is 0.106 e. The molecule has 2 heteroatoms. The molecule has 1 N–H and O–H groups in total. The first-order chi connectivity index (χ1) is 8.90. The lowest BCUT2D eigenvalue weighted by Crippen LogP contribution is -2.06. The molecule has 0 fully saturated rings. The van der Waals surface area contributed by atoms with Gasteiger partial charge in [0.05, 0.1) is 0 Å². The Kier molecular flexibility index (Phi) is 3.98. The number of aliphatic hydroxyl groups excluding tert-OH is 1. The molecule has 19 heavy (non-hydrogen) atoms. The molecular weight excluding hydrogens is 256 g/mol. The Labute approximate surface area is 119 Å². The highest BCUT2D eigenvalue weighted by Crippen LogP contribution is 2.32. The van der Waals surface area contributed by atoms with Crippen molar-refractivity contribution in [1.82, 2.24) is 0 Å². The summed E-state index contributed by atoms with van der Waals surface area (Å²) in [5.74, 6) is 0. The summed E-state index contributed by atoms with van der Waals surface area (Å²) >= 11 is 6.25. The fourth-order valence-corrected chi connectivity index (χ4v) is 2.97. The Morgan fingerprint density at radius 2 is 1.47 bits per heavy atom. The fourth-order valence-electron chi connectivity index (χ4n) is 2.63. The van der Waals surface area contributed by atoms with Gasteiger partial charge in [0.25, 0.3) is 0 Å². The van der Waals surface area contributed by atoms with Gasteiger partial charge in [0.1, 0.15) is 6.10 Å². The van der Waals surface area contributed by atoms with E-state index in [1.165, 1.54) is 5.56 Å². The second-order valence-corrected chi connectivity index (χ2v) is 5.65. The van der Waals surface area contributed by atoms with Crippen molar-refractivity contribution in [2.24, 2.45) is 0 Å². The summed E-state index contributed by atoms with van der Waals surface area (Å²) in [6.45, 7) is 8.11. The molecule has 0 spiro atoms. The van der Waals surface area contributed by atoms with Crippen molar-refractivity contribution in [2.45, 2.75) is 33.8 Å². The molecule has 0 aliphatic rings. The van der Waals surface area contributed by atoms with Crippen molar-refractivity contribution in [3.63, 3.8) is 0 Å². The van der Waals surface area contributed by atoms with Gasteiger partial charge < -0.3 is 5.11 Å². The van der Waals surface area contributed by atoms with E-state index < -0.39 is 6.10 Å². The van der Waals surface area contributed by atoms with Crippen LogP contribution >= 0.6 is 11.6 Å². The lowest BCUT2D eigenvalue weighted by Gasteiger charge is -2.19. The summed E-state index contributed by atoms with van der Waals surface area (Å²) in [6, 6.07) is 9.95. The highest BCUT2D eigenvalue weighted by molar-refractivity contribution is 6.31. The van der Waals surface area contributed by atoms with Crippen molar-refractivity contribution < 1.29 is 5.11 Å². The Morgan fingerprint density at radius 3 is 2.00 bits per heavy atom. The van der Waals surface area contributed by atoms with Crippen LogP contribution in [-0.2, 0) is 0 Å². The van der Waals surface area contributed by atoms with Crippen LogP contribution in [0.25, 0.3) is 0 Å². The monoisotopic (exact) mass is 274 g/mol. The van der Waals surface area contributed by atoms with Crippen LogP contribution in [0, 0.1) is 27.7 Å². The average Bonchev–Trinajstić information content (AvgIpc) is 2.26. The number of rotatable bonds is 2. The number of aliphatic hydroxyl groups is 1. The largest absolute Gasteiger partial charge is 0.384 e. The van der Waals surface area contributed by atoms with E-state index in [9.17, 15) is 5.11 Å². The molecule has 0 aliphatic heterocycles. The van der Waals surface area contributed by atoms with Gasteiger partial charge in [-0.05, 0) is 56.0 Å². The first-order valence-electron chi connectivity index (χ1n) is 6.42. The zero-order valence-corrected chi connectivity index (χ0v) is 12.5. The van der Waals surface area contributed by atoms with Crippen LogP contribution in [0.5, 0.6) is 0 Å². The predicted molar refractivity (Wildman–Crippen MR) is 80.9 cm³/mol. The molecule has 0 aromatic heterocycles. The summed E-state index contributed by atoms with van der Waals surface area (Å²) in [5.41, 5.74) is 6.22. The van der Waals surface area contributed by atoms with E-state index in [0.717, 1.165) is 27.8 Å². The Morgan fingerprint density at radius 1 is 0.895 bits per heavy atom. The minimum absolute atomic E-state index is 0.617. The third-order valence-electron chi connectivity index (χ3n) is 3.46. The second kappa shape index (κ2) is 5.36. The maximum atomic E-state index is 10.6. The van der Waals surface area contributed by atoms with Crippen molar-refractivity contribution in [3.05, 3.63) is 68.7 Å². The van der Waals surface area contributed by atoms with Crippen LogP contribution in [0.3, 0.4) is 0 Å². The van der Waals surface area contributed by atoms with E-state index in [2.05, 4.69) is 19.1 Å². The van der Waals surface area contributed by atoms with Gasteiger partial charge in [0.15, 0.2) is 0 Å². The van der Waals surface area contributed by atoms with Gasteiger partial charge in [0.2, 0.25) is 0 Å². The molecule has 0 saturated carbocycles. The van der Waals surface area contributed by atoms with Gasteiger partial charge in [-0.15, -0.1) is 0 Å². The molecular formula is C17H19ClO. The third-order valence-corrected chi connectivity index (χ3v) is 3.79. The van der Waals surface area contributed by atoms with Crippen LogP contribution in [-0.4, -0.2) is 5.11 Å². The molecule has 1 unspecified atom stereocenters. The predicted octanol–water partition coefficient (Wildman–Crippen LogP) is 4.66. The highest BCUT2D eigenvalue weighted by atomic mass is 35.5. The van der Waals surface area contributed by atoms with Gasteiger partial charge >= 0.3 is 0 Å². The molecule has 1 nitrogen and oxygen atoms in total. The highest BCUT2D eigenvalue weighted by Gasteiger charge is 2.18. The summed E-state index contributed by atoms with van der Waals surface area (Å²) < 4.78 is 0. The van der Waals surface area contributed by atoms with Crippen LogP contribution in [0.15, 0.2) is 30.3 Å². The molecule has 0 bridgehead atoms. The van der Waals surface area contributed by atoms with Gasteiger partial charge in [-0.25, -0.2) is 0 Å². The first kappa shape index (κ1) is 14.1. The molecule has 0 amide bonds. The van der Waals surface area contributed by atoms with E-state index in [0.29, 0.717) is 5.02 Å². The Bertz CT molecular complexity index is 594. The molecule has 0 saturated heterocycles. The normalized spacial score (nSPS) is 12.5. The van der Waals surface area contributed by atoms with Crippen molar-refractivity contribution in [2.75, 3.05) is 0 Å². The number of benzene rings is 2. The Balaban J connectivity index is 2.53. The summed E-state index contributed by atoms with van der Waals surface area (Å²) in [4.78, 5) is 0. The number of halogens is 1. The lowest BCUT2D eigenvalue weighted by molar-refractivity contribution is 0.219. The van der Waals surface area contributed by atoms with Crippen molar-refractivity contribution in [3.8, 4) is 0 Å². The maximum absolute atomic E-state index is 10.6. The molecule has 0 aliphatic carbocycles. The van der Waals surface area contributed by atoms with Crippen LogP contribution in [0.4, 0.5) is 0 Å². The minimum atomic E-state index is -0.673. The lowest BCUT2D eigenvalue weighted by atomic mass is 9.91.